The van der Waals surface area contributed by atoms with Crippen LogP contribution in [-0.4, -0.2) is 71.5 Å². The van der Waals surface area contributed by atoms with Crippen LogP contribution in [0, 0.1) is 46.9 Å². The fraction of sp³-hybridized carbons (Fsp3) is 0.719. The van der Waals surface area contributed by atoms with E-state index in [1.807, 2.05) is 0 Å². The number of piperidine rings is 1. The Morgan fingerprint density at radius 1 is 1.02 bits per heavy atom. The number of esters is 1. The number of amides is 2. The number of benzene rings is 1. The van der Waals surface area contributed by atoms with Crippen molar-refractivity contribution in [3.8, 4) is 5.75 Å². The summed E-state index contributed by atoms with van der Waals surface area (Å²) in [6, 6.07) is -1.32. The third-order valence-electron chi connectivity index (χ3n) is 8.41. The van der Waals surface area contributed by atoms with E-state index in [0.717, 1.165) is 19.3 Å². The second-order valence-corrected chi connectivity index (χ2v) is 13.6. The number of carbonyl (C=O) groups is 3. The van der Waals surface area contributed by atoms with Gasteiger partial charge in [-0.05, 0) is 64.2 Å². The van der Waals surface area contributed by atoms with E-state index in [2.05, 4.69) is 26.1 Å². The van der Waals surface area contributed by atoms with Crippen LogP contribution in [0.25, 0.3) is 0 Å². The second-order valence-electron chi connectivity index (χ2n) is 13.6. The minimum absolute atomic E-state index is 0.0172. The molecule has 254 valence electrons. The molecule has 1 unspecified atom stereocenters. The summed E-state index contributed by atoms with van der Waals surface area (Å²) in [7, 11) is 0. The van der Waals surface area contributed by atoms with E-state index in [4.69, 9.17) is 14.2 Å². The predicted molar refractivity (Wildman–Crippen MR) is 156 cm³/mol. The average molecular weight is 647 g/mol. The van der Waals surface area contributed by atoms with Crippen LogP contribution in [0.15, 0.2) is 6.07 Å². The van der Waals surface area contributed by atoms with Gasteiger partial charge >= 0.3 is 12.1 Å². The first-order chi connectivity index (χ1) is 21.0. The molecule has 1 aliphatic heterocycles. The second kappa shape index (κ2) is 15.5. The molecule has 1 aromatic rings. The van der Waals surface area contributed by atoms with Crippen LogP contribution in [0.4, 0.5) is 22.4 Å². The minimum atomic E-state index is -1.79. The Kier molecular flexibility index (Phi) is 12.5. The number of nitrogens with one attached hydrogen (secondary N) is 1. The number of likely N-dealkylation sites (tertiary alicyclic amines) is 1. The van der Waals surface area contributed by atoms with Crippen LogP contribution >= 0.6 is 0 Å². The molecular weight excluding hydrogens is 600 g/mol. The largest absolute Gasteiger partial charge is 0.485 e. The highest BCUT2D eigenvalue weighted by Crippen LogP contribution is 2.36. The summed E-state index contributed by atoms with van der Waals surface area (Å²) in [6.07, 6.45) is 0.666. The molecule has 0 radical (unpaired) electrons. The first-order valence-electron chi connectivity index (χ1n) is 15.6. The Labute approximate surface area is 261 Å². The maximum Gasteiger partial charge on any atom is 0.410 e. The summed E-state index contributed by atoms with van der Waals surface area (Å²) in [5.74, 6) is -9.10. The standard InChI is InChI=1S/C32H46F4N2O7/c1-17(2)20-8-7-18(3)13-25(20)44-31(42)38-11-9-19(10-12-38)30(41)37-23(15-26(40)45-32(4,5)6)24(39)16-43-29-27(35)21(33)14-22(34)28(29)36/h14,17-20,23-25,39H,7-13,15-16H2,1-6H3,(H,37,41)/t18-,20+,23-,24?,25-/m0/s1. The Bertz CT molecular complexity index is 1170. The number of aliphatic hydroxyl groups is 1. The first kappa shape index (κ1) is 36.4. The number of hydrogen-bond acceptors (Lipinski definition) is 7. The molecule has 1 saturated carbocycles. The number of ether oxygens (including phenoxy) is 3. The third kappa shape index (κ3) is 10.2. The minimum Gasteiger partial charge on any atom is -0.485 e. The molecule has 9 nitrogen and oxygen atoms in total. The van der Waals surface area contributed by atoms with E-state index in [0.29, 0.717) is 30.6 Å². The van der Waals surface area contributed by atoms with E-state index in [-0.39, 0.29) is 25.3 Å². The number of nitrogens with zero attached hydrogens (tertiary/aromatic N) is 1. The van der Waals surface area contributed by atoms with Crippen LogP contribution in [-0.2, 0) is 19.1 Å². The third-order valence-corrected chi connectivity index (χ3v) is 8.41. The van der Waals surface area contributed by atoms with Crippen LogP contribution in [0.2, 0.25) is 0 Å². The first-order valence-corrected chi connectivity index (χ1v) is 15.6. The summed E-state index contributed by atoms with van der Waals surface area (Å²) < 4.78 is 71.4. The SMILES string of the molecule is CC(C)[C@H]1CC[C@H](C)C[C@@H]1OC(=O)N1CCC(C(=O)N[C@@H](CC(=O)OC(C)(C)C)C(O)COc2c(F)c(F)cc(F)c2F)CC1. The van der Waals surface area contributed by atoms with E-state index >= 15 is 0 Å². The van der Waals surface area contributed by atoms with Gasteiger partial charge in [-0.1, -0.05) is 27.2 Å². The van der Waals surface area contributed by atoms with E-state index in [1.165, 1.54) is 0 Å². The van der Waals surface area contributed by atoms with Crippen molar-refractivity contribution in [2.24, 2.45) is 23.7 Å². The van der Waals surface area contributed by atoms with Gasteiger partial charge in [0.25, 0.3) is 0 Å². The molecule has 3 rings (SSSR count). The van der Waals surface area contributed by atoms with Crippen molar-refractivity contribution in [3.63, 3.8) is 0 Å². The summed E-state index contributed by atoms with van der Waals surface area (Å²) in [6.45, 7) is 10.9. The zero-order chi connectivity index (χ0) is 33.6. The summed E-state index contributed by atoms with van der Waals surface area (Å²) in [4.78, 5) is 40.4. The molecule has 1 saturated heterocycles. The smallest absolute Gasteiger partial charge is 0.410 e. The average Bonchev–Trinajstić information content (AvgIpc) is 2.94. The van der Waals surface area contributed by atoms with Gasteiger partial charge in [0.2, 0.25) is 17.5 Å². The molecule has 1 aliphatic carbocycles. The Hall–Kier alpha value is -3.09. The van der Waals surface area contributed by atoms with Crippen LogP contribution in [0.1, 0.15) is 80.1 Å². The maximum absolute atomic E-state index is 14.1. The lowest BCUT2D eigenvalue weighted by atomic mass is 9.75. The normalized spacial score (nSPS) is 22.5. The van der Waals surface area contributed by atoms with Gasteiger partial charge in [-0.15, -0.1) is 0 Å². The van der Waals surface area contributed by atoms with Gasteiger partial charge in [0.1, 0.15) is 24.4 Å². The molecule has 1 aromatic carbocycles. The summed E-state index contributed by atoms with van der Waals surface area (Å²) >= 11 is 0. The lowest BCUT2D eigenvalue weighted by Gasteiger charge is -2.38. The molecule has 5 atom stereocenters. The Balaban J connectivity index is 1.62. The van der Waals surface area contributed by atoms with Crippen molar-refractivity contribution >= 4 is 18.0 Å². The zero-order valence-corrected chi connectivity index (χ0v) is 26.8. The van der Waals surface area contributed by atoms with Gasteiger partial charge in [-0.2, -0.15) is 8.78 Å². The van der Waals surface area contributed by atoms with Crippen LogP contribution in [0.5, 0.6) is 5.75 Å². The molecular formula is C32H46F4N2O7. The fourth-order valence-corrected chi connectivity index (χ4v) is 5.89. The molecule has 2 fully saturated rings. The van der Waals surface area contributed by atoms with E-state index in [9.17, 15) is 37.1 Å². The van der Waals surface area contributed by atoms with Gasteiger partial charge in [0.15, 0.2) is 17.4 Å². The highest BCUT2D eigenvalue weighted by Gasteiger charge is 2.37. The number of carbonyl (C=O) groups excluding carboxylic acids is 3. The lowest BCUT2D eigenvalue weighted by Crippen LogP contribution is -2.51. The summed E-state index contributed by atoms with van der Waals surface area (Å²) in [5, 5.41) is 13.4. The highest BCUT2D eigenvalue weighted by atomic mass is 19.2. The summed E-state index contributed by atoms with van der Waals surface area (Å²) in [5.41, 5.74) is -0.884. The maximum atomic E-state index is 14.1. The molecule has 13 heteroatoms. The van der Waals surface area contributed by atoms with Gasteiger partial charge in [0.05, 0.1) is 12.5 Å². The molecule has 1 heterocycles. The van der Waals surface area contributed by atoms with Crippen molar-refractivity contribution in [2.75, 3.05) is 19.7 Å². The molecule has 2 amide bonds. The molecule has 2 aliphatic rings. The zero-order valence-electron chi connectivity index (χ0n) is 26.8. The van der Waals surface area contributed by atoms with Gasteiger partial charge < -0.3 is 29.5 Å². The molecule has 45 heavy (non-hydrogen) atoms. The highest BCUT2D eigenvalue weighted by molar-refractivity contribution is 5.80. The predicted octanol–water partition coefficient (Wildman–Crippen LogP) is 5.51. The van der Waals surface area contributed by atoms with E-state index in [1.54, 1.807) is 25.7 Å². The van der Waals surface area contributed by atoms with Crippen molar-refractivity contribution in [3.05, 3.63) is 29.3 Å². The number of halogens is 4. The Morgan fingerprint density at radius 3 is 2.18 bits per heavy atom. The molecule has 0 spiro atoms. The van der Waals surface area contributed by atoms with Crippen molar-refractivity contribution < 1.29 is 51.3 Å². The lowest BCUT2D eigenvalue weighted by molar-refractivity contribution is -0.156. The Morgan fingerprint density at radius 2 is 1.62 bits per heavy atom. The molecule has 2 N–H and O–H groups in total. The number of hydrogen-bond donors (Lipinski definition) is 2. The van der Waals surface area contributed by atoms with Gasteiger partial charge in [-0.25, -0.2) is 13.6 Å². The molecule has 0 bridgehead atoms. The van der Waals surface area contributed by atoms with Crippen LogP contribution < -0.4 is 10.1 Å². The van der Waals surface area contributed by atoms with Crippen molar-refractivity contribution in [1.29, 1.82) is 0 Å². The number of aliphatic hydroxyl groups excluding tert-OH is 1. The van der Waals surface area contributed by atoms with Crippen LogP contribution in [0.3, 0.4) is 0 Å². The van der Waals surface area contributed by atoms with E-state index < -0.39 is 83.7 Å². The van der Waals surface area contributed by atoms with Crippen molar-refractivity contribution in [2.45, 2.75) is 104 Å². The monoisotopic (exact) mass is 646 g/mol. The quantitative estimate of drug-likeness (QED) is 0.196. The fourth-order valence-electron chi connectivity index (χ4n) is 5.89. The number of rotatable bonds is 10. The van der Waals surface area contributed by atoms with Crippen molar-refractivity contribution in [1.82, 2.24) is 10.2 Å². The van der Waals surface area contributed by atoms with Gasteiger partial charge in [-0.3, -0.25) is 9.59 Å². The topological polar surface area (TPSA) is 114 Å². The van der Waals surface area contributed by atoms with Gasteiger partial charge in [0, 0.05) is 25.1 Å². The molecule has 0 aromatic heterocycles.